The van der Waals surface area contributed by atoms with Gasteiger partial charge < -0.3 is 4.90 Å². The van der Waals surface area contributed by atoms with Crippen LogP contribution in [0.25, 0.3) is 16.6 Å². The van der Waals surface area contributed by atoms with Gasteiger partial charge in [0, 0.05) is 13.1 Å². The minimum Gasteiger partial charge on any atom is -0.341 e. The summed E-state index contributed by atoms with van der Waals surface area (Å²) in [6, 6.07) is 13.3. The first kappa shape index (κ1) is 24.1. The Morgan fingerprint density at radius 1 is 1.00 bits per heavy atom. The van der Waals surface area contributed by atoms with Crippen molar-refractivity contribution in [3.05, 3.63) is 63.9 Å². The first-order valence-corrected chi connectivity index (χ1v) is 12.2. The van der Waals surface area contributed by atoms with Gasteiger partial charge in [-0.1, -0.05) is 57.7 Å². The molecule has 1 heterocycles. The molecule has 0 aliphatic rings. The molecule has 0 aliphatic heterocycles. The number of carbonyl (C=O) groups excluding carboxylic acids is 1. The average Bonchev–Trinajstić information content (AvgIpc) is 2.73. The number of amides is 1. The third kappa shape index (κ3) is 5.60. The van der Waals surface area contributed by atoms with Crippen LogP contribution in [0.2, 0.25) is 0 Å². The summed E-state index contributed by atoms with van der Waals surface area (Å²) in [5.74, 6) is 1.12. The second-order valence-electron chi connectivity index (χ2n) is 9.20. The summed E-state index contributed by atoms with van der Waals surface area (Å²) in [4.78, 5) is 33.2. The Kier molecular flexibility index (Phi) is 7.77. The van der Waals surface area contributed by atoms with Crippen molar-refractivity contribution in [2.45, 2.75) is 46.7 Å². The fourth-order valence-electron chi connectivity index (χ4n) is 3.68. The molecule has 1 amide bonds. The number of hydrogen-bond donors (Lipinski definition) is 0. The lowest BCUT2D eigenvalue weighted by Crippen LogP contribution is -2.38. The van der Waals surface area contributed by atoms with Crippen molar-refractivity contribution in [3.63, 3.8) is 0 Å². The molecular formula is C26H33N3O2S. The highest BCUT2D eigenvalue weighted by Gasteiger charge is 2.19. The smallest absolute Gasteiger partial charge is 0.266 e. The monoisotopic (exact) mass is 451 g/mol. The summed E-state index contributed by atoms with van der Waals surface area (Å²) < 4.78 is 1.64. The number of aryl methyl sites for hydroxylation is 2. The Hall–Kier alpha value is -2.60. The molecule has 2 aromatic carbocycles. The maximum absolute atomic E-state index is 13.4. The third-order valence-electron chi connectivity index (χ3n) is 5.34. The summed E-state index contributed by atoms with van der Waals surface area (Å²) in [6.45, 7) is 14.0. The van der Waals surface area contributed by atoms with Crippen molar-refractivity contribution in [3.8, 4) is 5.69 Å². The molecule has 0 radical (unpaired) electrons. The summed E-state index contributed by atoms with van der Waals surface area (Å²) >= 11 is 1.33. The highest BCUT2D eigenvalue weighted by atomic mass is 32.2. The second kappa shape index (κ2) is 10.3. The minimum absolute atomic E-state index is 0.0754. The van der Waals surface area contributed by atoms with Gasteiger partial charge in [-0.05, 0) is 61.1 Å². The van der Waals surface area contributed by atoms with E-state index in [-0.39, 0.29) is 17.2 Å². The molecule has 0 spiro atoms. The largest absolute Gasteiger partial charge is 0.341 e. The molecule has 0 N–H and O–H groups in total. The number of para-hydroxylation sites is 1. The van der Waals surface area contributed by atoms with Gasteiger partial charge in [-0.3, -0.25) is 14.2 Å². The first-order chi connectivity index (χ1) is 15.2. The molecule has 170 valence electrons. The molecule has 1 aromatic heterocycles. The van der Waals surface area contributed by atoms with Crippen molar-refractivity contribution >= 4 is 28.6 Å². The number of aromatic nitrogens is 2. The van der Waals surface area contributed by atoms with E-state index in [9.17, 15) is 9.59 Å². The van der Waals surface area contributed by atoms with E-state index in [0.717, 1.165) is 29.9 Å². The van der Waals surface area contributed by atoms with Crippen molar-refractivity contribution in [2.24, 2.45) is 11.8 Å². The molecule has 0 unspecified atom stereocenters. The predicted molar refractivity (Wildman–Crippen MR) is 134 cm³/mol. The van der Waals surface area contributed by atoms with Gasteiger partial charge in [0.05, 0.1) is 22.3 Å². The van der Waals surface area contributed by atoms with Gasteiger partial charge in [0.2, 0.25) is 5.91 Å². The number of fused-ring (bicyclic) bond motifs is 1. The summed E-state index contributed by atoms with van der Waals surface area (Å²) in [5, 5.41) is 1.11. The molecule has 0 bridgehead atoms. The van der Waals surface area contributed by atoms with Crippen LogP contribution < -0.4 is 5.56 Å². The summed E-state index contributed by atoms with van der Waals surface area (Å²) in [5.41, 5.74) is 3.57. The van der Waals surface area contributed by atoms with Gasteiger partial charge in [0.25, 0.3) is 5.56 Å². The number of benzene rings is 2. The van der Waals surface area contributed by atoms with E-state index >= 15 is 0 Å². The molecule has 3 rings (SSSR count). The zero-order valence-electron chi connectivity index (χ0n) is 19.9. The molecule has 6 heteroatoms. The predicted octanol–water partition coefficient (Wildman–Crippen LogP) is 5.24. The Morgan fingerprint density at radius 2 is 1.66 bits per heavy atom. The summed E-state index contributed by atoms with van der Waals surface area (Å²) in [6.07, 6.45) is 0. The summed E-state index contributed by atoms with van der Waals surface area (Å²) in [7, 11) is 0. The van der Waals surface area contributed by atoms with Crippen LogP contribution in [0.15, 0.2) is 52.4 Å². The van der Waals surface area contributed by atoms with Crippen molar-refractivity contribution in [1.82, 2.24) is 14.5 Å². The number of hydrogen-bond acceptors (Lipinski definition) is 4. The molecule has 0 saturated heterocycles. The molecular weight excluding hydrogens is 418 g/mol. The van der Waals surface area contributed by atoms with E-state index in [2.05, 4.69) is 27.7 Å². The lowest BCUT2D eigenvalue weighted by Gasteiger charge is -2.26. The topological polar surface area (TPSA) is 55.2 Å². The molecule has 3 aromatic rings. The van der Waals surface area contributed by atoms with E-state index in [1.54, 1.807) is 10.6 Å². The van der Waals surface area contributed by atoms with Crippen LogP contribution in [0.1, 0.15) is 38.8 Å². The standard InChI is InChI=1S/C26H33N3O2S/c1-17(2)14-28(15-18(3)4)24(30)16-32-26-27-23-10-8-7-9-22(23)25(31)29(26)21-12-11-19(5)20(6)13-21/h7-13,17-18H,14-16H2,1-6H3. The fourth-order valence-corrected chi connectivity index (χ4v) is 4.59. The van der Waals surface area contributed by atoms with Crippen LogP contribution in [-0.2, 0) is 4.79 Å². The Bertz CT molecular complexity index is 1160. The third-order valence-corrected chi connectivity index (χ3v) is 6.27. The zero-order valence-corrected chi connectivity index (χ0v) is 20.7. The highest BCUT2D eigenvalue weighted by Crippen LogP contribution is 2.23. The van der Waals surface area contributed by atoms with Gasteiger partial charge in [0.1, 0.15) is 0 Å². The maximum atomic E-state index is 13.4. The van der Waals surface area contributed by atoms with Crippen LogP contribution in [0, 0.1) is 25.7 Å². The lowest BCUT2D eigenvalue weighted by atomic mass is 10.1. The molecule has 32 heavy (non-hydrogen) atoms. The van der Waals surface area contributed by atoms with Gasteiger partial charge in [0.15, 0.2) is 5.16 Å². The zero-order chi connectivity index (χ0) is 23.4. The van der Waals surface area contributed by atoms with E-state index in [4.69, 9.17) is 4.98 Å². The molecule has 0 atom stereocenters. The number of rotatable bonds is 8. The number of carbonyl (C=O) groups is 1. The van der Waals surface area contributed by atoms with Gasteiger partial charge in [-0.15, -0.1) is 0 Å². The van der Waals surface area contributed by atoms with Crippen LogP contribution in [0.3, 0.4) is 0 Å². The number of thioether (sulfide) groups is 1. The van der Waals surface area contributed by atoms with Gasteiger partial charge in [-0.25, -0.2) is 4.98 Å². The van der Waals surface area contributed by atoms with Crippen LogP contribution in [0.4, 0.5) is 0 Å². The molecule has 0 aliphatic carbocycles. The van der Waals surface area contributed by atoms with E-state index < -0.39 is 0 Å². The average molecular weight is 452 g/mol. The van der Waals surface area contributed by atoms with E-state index in [1.165, 1.54) is 11.8 Å². The number of nitrogens with zero attached hydrogens (tertiary/aromatic N) is 3. The molecule has 0 saturated carbocycles. The second-order valence-corrected chi connectivity index (χ2v) is 10.1. The first-order valence-electron chi connectivity index (χ1n) is 11.2. The van der Waals surface area contributed by atoms with E-state index in [1.807, 2.05) is 55.1 Å². The highest BCUT2D eigenvalue weighted by molar-refractivity contribution is 7.99. The molecule has 5 nitrogen and oxygen atoms in total. The SMILES string of the molecule is Cc1ccc(-n2c(SCC(=O)N(CC(C)C)CC(C)C)nc3ccccc3c2=O)cc1C. The fraction of sp³-hybridized carbons (Fsp3) is 0.423. The lowest BCUT2D eigenvalue weighted by molar-refractivity contribution is -0.129. The van der Waals surface area contributed by atoms with Gasteiger partial charge in [-0.2, -0.15) is 0 Å². The quantitative estimate of drug-likeness (QED) is 0.347. The normalized spacial score (nSPS) is 11.5. The Morgan fingerprint density at radius 3 is 2.28 bits per heavy atom. The maximum Gasteiger partial charge on any atom is 0.266 e. The molecule has 0 fully saturated rings. The van der Waals surface area contributed by atoms with Crippen LogP contribution in [-0.4, -0.2) is 39.2 Å². The van der Waals surface area contributed by atoms with Gasteiger partial charge >= 0.3 is 0 Å². The Labute approximate surface area is 194 Å². The van der Waals surface area contributed by atoms with Crippen molar-refractivity contribution in [2.75, 3.05) is 18.8 Å². The Balaban J connectivity index is 2.00. The van der Waals surface area contributed by atoms with E-state index in [0.29, 0.717) is 27.9 Å². The van der Waals surface area contributed by atoms with Crippen LogP contribution >= 0.6 is 11.8 Å². The van der Waals surface area contributed by atoms with Crippen LogP contribution in [0.5, 0.6) is 0 Å². The van der Waals surface area contributed by atoms with Crippen molar-refractivity contribution in [1.29, 1.82) is 0 Å². The van der Waals surface area contributed by atoms with Crippen molar-refractivity contribution < 1.29 is 4.79 Å². The minimum atomic E-state index is -0.116.